The van der Waals surface area contributed by atoms with Crippen LogP contribution in [0.5, 0.6) is 11.5 Å². The van der Waals surface area contributed by atoms with E-state index in [1.54, 1.807) is 13.0 Å². The predicted molar refractivity (Wildman–Crippen MR) is 118 cm³/mol. The third kappa shape index (κ3) is 5.21. The highest BCUT2D eigenvalue weighted by Crippen LogP contribution is 2.42. The zero-order valence-corrected chi connectivity index (χ0v) is 18.9. The molecular weight excluding hydrogens is 430 g/mol. The van der Waals surface area contributed by atoms with Crippen molar-refractivity contribution in [3.05, 3.63) is 27.8 Å². The lowest BCUT2D eigenvalue weighted by atomic mass is 9.92. The average molecular weight is 462 g/mol. The van der Waals surface area contributed by atoms with Gasteiger partial charge in [0.05, 0.1) is 29.1 Å². The summed E-state index contributed by atoms with van der Waals surface area (Å²) in [6, 6.07) is 2.11. The van der Waals surface area contributed by atoms with Crippen LogP contribution >= 0.6 is 0 Å². The summed E-state index contributed by atoms with van der Waals surface area (Å²) in [6.45, 7) is 3.00. The van der Waals surface area contributed by atoms with Gasteiger partial charge in [-0.3, -0.25) is 24.6 Å². The number of hydrogen-bond acceptors (Lipinski definition) is 8. The van der Waals surface area contributed by atoms with E-state index < -0.39 is 11.0 Å². The van der Waals surface area contributed by atoms with Crippen LogP contribution in [0.15, 0.2) is 12.1 Å². The molecule has 2 heterocycles. The third-order valence-electron chi connectivity index (χ3n) is 6.73. The van der Waals surface area contributed by atoms with Gasteiger partial charge in [-0.25, -0.2) is 0 Å². The van der Waals surface area contributed by atoms with Gasteiger partial charge in [-0.05, 0) is 38.7 Å². The van der Waals surface area contributed by atoms with Crippen LogP contribution in [0, 0.1) is 16.0 Å². The Bertz CT molecular complexity index is 892. The lowest BCUT2D eigenvalue weighted by Crippen LogP contribution is -2.48. The number of likely N-dealkylation sites (tertiary alicyclic amines) is 1. The maximum Gasteiger partial charge on any atom is 0.309 e. The first-order chi connectivity index (χ1) is 16.0. The van der Waals surface area contributed by atoms with Gasteiger partial charge in [-0.1, -0.05) is 19.3 Å². The van der Waals surface area contributed by atoms with Gasteiger partial charge in [0.25, 0.3) is 5.69 Å². The second-order valence-electron chi connectivity index (χ2n) is 8.83. The molecule has 10 heteroatoms. The molecule has 1 saturated carbocycles. The fraction of sp³-hybridized carbons (Fsp3) is 0.652. The van der Waals surface area contributed by atoms with Crippen LogP contribution in [0.4, 0.5) is 5.69 Å². The molecule has 0 bridgehead atoms. The summed E-state index contributed by atoms with van der Waals surface area (Å²) in [5, 5.41) is 15.1. The molecule has 1 unspecified atom stereocenters. The lowest BCUT2D eigenvalue weighted by molar-refractivity contribution is -0.386. The molecule has 0 aromatic heterocycles. The Morgan fingerprint density at radius 2 is 1.82 bits per heavy atom. The molecule has 0 spiro atoms. The third-order valence-corrected chi connectivity index (χ3v) is 6.73. The Kier molecular flexibility index (Phi) is 7.32. The molecular formula is C23H31N3O7. The van der Waals surface area contributed by atoms with Crippen molar-refractivity contribution in [1.82, 2.24) is 10.2 Å². The van der Waals surface area contributed by atoms with Crippen molar-refractivity contribution >= 4 is 17.6 Å². The number of nitrogens with one attached hydrogen (secondary N) is 1. The predicted octanol–water partition coefficient (Wildman–Crippen LogP) is 3.09. The van der Waals surface area contributed by atoms with Gasteiger partial charge in [-0.2, -0.15) is 0 Å². The monoisotopic (exact) mass is 461 g/mol. The van der Waals surface area contributed by atoms with Crippen molar-refractivity contribution in [2.24, 2.45) is 5.92 Å². The first kappa shape index (κ1) is 23.3. The van der Waals surface area contributed by atoms with Crippen LogP contribution in [0.25, 0.3) is 0 Å². The molecule has 2 fully saturated rings. The van der Waals surface area contributed by atoms with Gasteiger partial charge in [0.2, 0.25) is 12.7 Å². The van der Waals surface area contributed by atoms with E-state index in [-0.39, 0.29) is 41.9 Å². The maximum absolute atomic E-state index is 13.6. The summed E-state index contributed by atoms with van der Waals surface area (Å²) in [6.07, 6.45) is 6.16. The van der Waals surface area contributed by atoms with E-state index in [9.17, 15) is 19.7 Å². The minimum atomic E-state index is -0.857. The summed E-state index contributed by atoms with van der Waals surface area (Å²) in [5.41, 5.74) is 0.114. The van der Waals surface area contributed by atoms with Gasteiger partial charge >= 0.3 is 5.97 Å². The first-order valence-corrected chi connectivity index (χ1v) is 11.8. The van der Waals surface area contributed by atoms with Crippen molar-refractivity contribution < 1.29 is 28.7 Å². The molecule has 3 aliphatic rings. The van der Waals surface area contributed by atoms with Crippen LogP contribution in [0.1, 0.15) is 63.5 Å². The van der Waals surface area contributed by atoms with E-state index in [1.165, 1.54) is 6.07 Å². The Balaban J connectivity index is 1.62. The van der Waals surface area contributed by atoms with E-state index >= 15 is 0 Å². The Hall–Kier alpha value is -2.88. The minimum Gasteiger partial charge on any atom is -0.466 e. The molecule has 33 heavy (non-hydrogen) atoms. The Morgan fingerprint density at radius 1 is 1.15 bits per heavy atom. The molecule has 4 rings (SSSR count). The van der Waals surface area contributed by atoms with Gasteiger partial charge in [-0.15, -0.1) is 0 Å². The van der Waals surface area contributed by atoms with Gasteiger partial charge in [0, 0.05) is 19.1 Å². The zero-order valence-electron chi connectivity index (χ0n) is 18.9. The summed E-state index contributed by atoms with van der Waals surface area (Å²) in [4.78, 5) is 39.1. The number of carbonyl (C=O) groups excluding carboxylic acids is 2. The van der Waals surface area contributed by atoms with E-state index in [0.717, 1.165) is 32.1 Å². The van der Waals surface area contributed by atoms with Crippen LogP contribution in [-0.4, -0.2) is 54.2 Å². The fourth-order valence-electron chi connectivity index (χ4n) is 5.01. The fourth-order valence-corrected chi connectivity index (χ4v) is 5.01. The molecule has 1 saturated heterocycles. The van der Waals surface area contributed by atoms with Crippen molar-refractivity contribution in [1.29, 1.82) is 0 Å². The molecule has 1 N–H and O–H groups in total. The number of ether oxygens (including phenoxy) is 3. The average Bonchev–Trinajstić information content (AvgIpc) is 3.27. The van der Waals surface area contributed by atoms with Gasteiger partial charge in [0.1, 0.15) is 6.04 Å². The number of hydrogen-bond donors (Lipinski definition) is 1. The second kappa shape index (κ2) is 10.4. The highest BCUT2D eigenvalue weighted by Gasteiger charge is 2.39. The van der Waals surface area contributed by atoms with Crippen molar-refractivity contribution in [3.63, 3.8) is 0 Å². The van der Waals surface area contributed by atoms with Crippen molar-refractivity contribution in [2.75, 3.05) is 26.5 Å². The molecule has 10 nitrogen and oxygen atoms in total. The molecule has 180 valence electrons. The Labute approximate surface area is 192 Å². The van der Waals surface area contributed by atoms with Gasteiger partial charge < -0.3 is 19.5 Å². The number of fused-ring (bicyclic) bond motifs is 1. The molecule has 1 amide bonds. The number of piperidine rings is 1. The standard InChI is InChI=1S/C23H31N3O7/c1-2-31-23(28)15-8-10-25(11-9-15)21(22(27)24-16-6-4-3-5-7-16)17-12-19-20(33-14-32-19)13-18(17)26(29)30/h12-13,15-16,21H,2-11,14H2,1H3,(H,24,27). The molecule has 2 aliphatic heterocycles. The van der Waals surface area contributed by atoms with Crippen molar-refractivity contribution in [3.8, 4) is 11.5 Å². The summed E-state index contributed by atoms with van der Waals surface area (Å²) in [7, 11) is 0. The second-order valence-corrected chi connectivity index (χ2v) is 8.83. The number of esters is 1. The highest BCUT2D eigenvalue weighted by molar-refractivity contribution is 5.85. The molecule has 0 radical (unpaired) electrons. The molecule has 1 atom stereocenters. The Morgan fingerprint density at radius 3 is 2.45 bits per heavy atom. The van der Waals surface area contributed by atoms with E-state index in [2.05, 4.69) is 5.32 Å². The largest absolute Gasteiger partial charge is 0.466 e. The van der Waals surface area contributed by atoms with E-state index in [4.69, 9.17) is 14.2 Å². The number of nitro benzene ring substituents is 1. The molecule has 1 aromatic rings. The summed E-state index contributed by atoms with van der Waals surface area (Å²) < 4.78 is 15.9. The number of benzene rings is 1. The minimum absolute atomic E-state index is 0.0141. The van der Waals surface area contributed by atoms with Crippen LogP contribution in [0.3, 0.4) is 0 Å². The summed E-state index contributed by atoms with van der Waals surface area (Å²) >= 11 is 0. The maximum atomic E-state index is 13.6. The van der Waals surface area contributed by atoms with Crippen LogP contribution in [-0.2, 0) is 14.3 Å². The number of rotatable bonds is 7. The SMILES string of the molecule is CCOC(=O)C1CCN(C(C(=O)NC2CCCCC2)c2cc3c(cc2[N+](=O)[O-])OCO3)CC1. The number of amides is 1. The van der Waals surface area contributed by atoms with Crippen molar-refractivity contribution in [2.45, 2.75) is 64.0 Å². The van der Waals surface area contributed by atoms with E-state index in [1.807, 2.05) is 4.90 Å². The summed E-state index contributed by atoms with van der Waals surface area (Å²) in [5.74, 6) is -0.00625. The van der Waals surface area contributed by atoms with Crippen LogP contribution in [0.2, 0.25) is 0 Å². The molecule has 1 aromatic carbocycles. The van der Waals surface area contributed by atoms with Gasteiger partial charge in [0.15, 0.2) is 11.5 Å². The lowest BCUT2D eigenvalue weighted by Gasteiger charge is -2.37. The first-order valence-electron chi connectivity index (χ1n) is 11.8. The highest BCUT2D eigenvalue weighted by atomic mass is 16.7. The van der Waals surface area contributed by atoms with Crippen LogP contribution < -0.4 is 14.8 Å². The normalized spacial score (nSPS) is 20.3. The topological polar surface area (TPSA) is 120 Å². The zero-order chi connectivity index (χ0) is 23.4. The smallest absolute Gasteiger partial charge is 0.309 e. The number of nitrogens with zero attached hydrogens (tertiary/aromatic N) is 2. The number of carbonyl (C=O) groups is 2. The van der Waals surface area contributed by atoms with E-state index in [0.29, 0.717) is 44.0 Å². The quantitative estimate of drug-likeness (QED) is 0.374. The number of nitro groups is 1. The molecule has 1 aliphatic carbocycles.